The normalized spacial score (nSPS) is 27.5. The summed E-state index contributed by atoms with van der Waals surface area (Å²) >= 11 is 0. The first-order chi connectivity index (χ1) is 11.7. The number of nitrogens with one attached hydrogen (secondary N) is 1. The quantitative estimate of drug-likeness (QED) is 0.922. The fourth-order valence-corrected chi connectivity index (χ4v) is 4.64. The molecule has 3 heterocycles. The molecule has 24 heavy (non-hydrogen) atoms. The van der Waals surface area contributed by atoms with E-state index in [1.54, 1.807) is 0 Å². The monoisotopic (exact) mass is 331 g/mol. The number of nitrogens with zero attached hydrogens (tertiary/aromatic N) is 4. The summed E-state index contributed by atoms with van der Waals surface area (Å²) in [6.07, 6.45) is 10.0. The molecule has 4 rings (SSSR count). The summed E-state index contributed by atoms with van der Waals surface area (Å²) in [5, 5.41) is 7.68. The zero-order chi connectivity index (χ0) is 16.5. The average molecular weight is 331 g/mol. The van der Waals surface area contributed by atoms with Crippen molar-refractivity contribution in [3.8, 4) is 0 Å². The Bertz CT molecular complexity index is 592. The zero-order valence-corrected chi connectivity index (χ0v) is 14.7. The van der Waals surface area contributed by atoms with Crippen molar-refractivity contribution in [2.24, 2.45) is 7.05 Å². The lowest BCUT2D eigenvalue weighted by atomic mass is 9.93. The molecule has 0 saturated carbocycles. The number of carbonyl (C=O) groups is 1. The van der Waals surface area contributed by atoms with Crippen LogP contribution >= 0.6 is 0 Å². The second-order valence-corrected chi connectivity index (χ2v) is 7.56. The molecule has 132 valence electrons. The van der Waals surface area contributed by atoms with Crippen molar-refractivity contribution in [2.75, 3.05) is 26.2 Å². The first-order valence-electron chi connectivity index (χ1n) is 9.52. The van der Waals surface area contributed by atoms with Crippen LogP contribution in [0.25, 0.3) is 0 Å². The van der Waals surface area contributed by atoms with Gasteiger partial charge >= 0.3 is 6.03 Å². The van der Waals surface area contributed by atoms with Crippen molar-refractivity contribution in [3.05, 3.63) is 17.5 Å². The van der Waals surface area contributed by atoms with Crippen LogP contribution < -0.4 is 5.32 Å². The van der Waals surface area contributed by atoms with Gasteiger partial charge in [0.2, 0.25) is 0 Å². The van der Waals surface area contributed by atoms with E-state index in [0.717, 1.165) is 45.2 Å². The number of fused-ring (bicyclic) bond motifs is 1. The number of urea groups is 1. The van der Waals surface area contributed by atoms with Crippen LogP contribution in [0.3, 0.4) is 0 Å². The molecule has 0 radical (unpaired) electrons. The molecule has 2 amide bonds. The minimum absolute atomic E-state index is 0.124. The Kier molecular flexibility index (Phi) is 4.48. The summed E-state index contributed by atoms with van der Waals surface area (Å²) in [7, 11) is 2.00. The van der Waals surface area contributed by atoms with E-state index in [1.807, 2.05) is 17.9 Å². The van der Waals surface area contributed by atoms with Crippen molar-refractivity contribution in [3.63, 3.8) is 0 Å². The summed E-state index contributed by atoms with van der Waals surface area (Å²) < 4.78 is 1.96. The smallest absolute Gasteiger partial charge is 0.318 e. The average Bonchev–Trinajstić information content (AvgIpc) is 3.31. The van der Waals surface area contributed by atoms with Crippen molar-refractivity contribution in [1.82, 2.24) is 24.9 Å². The molecule has 6 nitrogen and oxygen atoms in total. The highest BCUT2D eigenvalue weighted by molar-refractivity contribution is 5.75. The van der Waals surface area contributed by atoms with Crippen molar-refractivity contribution in [2.45, 2.75) is 57.0 Å². The molecule has 0 aromatic carbocycles. The third-order valence-electron chi connectivity index (χ3n) is 5.98. The molecule has 0 bridgehead atoms. The number of carbonyl (C=O) groups excluding carboxylic acids is 1. The largest absolute Gasteiger partial charge is 0.331 e. The number of aryl methyl sites for hydroxylation is 1. The van der Waals surface area contributed by atoms with Gasteiger partial charge in [0, 0.05) is 37.4 Å². The molecule has 3 aliphatic rings. The lowest BCUT2D eigenvalue weighted by Crippen LogP contribution is -2.48. The van der Waals surface area contributed by atoms with Crippen molar-refractivity contribution < 1.29 is 4.79 Å². The van der Waals surface area contributed by atoms with Crippen LogP contribution in [0.1, 0.15) is 55.8 Å². The molecule has 2 atom stereocenters. The van der Waals surface area contributed by atoms with E-state index in [-0.39, 0.29) is 12.1 Å². The number of rotatable bonds is 3. The highest BCUT2D eigenvalue weighted by Gasteiger charge is 2.33. The van der Waals surface area contributed by atoms with Gasteiger partial charge < -0.3 is 15.1 Å². The van der Waals surface area contributed by atoms with Gasteiger partial charge in [-0.05, 0) is 58.0 Å². The highest BCUT2D eigenvalue weighted by atomic mass is 16.2. The Morgan fingerprint density at radius 3 is 2.88 bits per heavy atom. The number of amides is 2. The van der Waals surface area contributed by atoms with Crippen LogP contribution in [0.4, 0.5) is 4.79 Å². The molecule has 1 N–H and O–H groups in total. The second-order valence-electron chi connectivity index (χ2n) is 7.56. The van der Waals surface area contributed by atoms with E-state index in [2.05, 4.69) is 20.2 Å². The van der Waals surface area contributed by atoms with E-state index in [9.17, 15) is 4.79 Å². The van der Waals surface area contributed by atoms with E-state index < -0.39 is 0 Å². The van der Waals surface area contributed by atoms with Crippen molar-refractivity contribution >= 4 is 6.03 Å². The van der Waals surface area contributed by atoms with Gasteiger partial charge in [-0.15, -0.1) is 0 Å². The van der Waals surface area contributed by atoms with Gasteiger partial charge in [0.1, 0.15) is 0 Å². The van der Waals surface area contributed by atoms with Gasteiger partial charge in [-0.3, -0.25) is 4.68 Å². The molecule has 2 fully saturated rings. The molecular weight excluding hydrogens is 302 g/mol. The Hall–Kier alpha value is -1.56. The number of hydrogen-bond acceptors (Lipinski definition) is 3. The minimum Gasteiger partial charge on any atom is -0.331 e. The highest BCUT2D eigenvalue weighted by Crippen LogP contribution is 2.30. The molecule has 6 heteroatoms. The fourth-order valence-electron chi connectivity index (χ4n) is 4.64. The molecule has 1 aromatic heterocycles. The van der Waals surface area contributed by atoms with Gasteiger partial charge in [-0.2, -0.15) is 5.10 Å². The first-order valence-corrected chi connectivity index (χ1v) is 9.52. The number of hydrogen-bond donors (Lipinski definition) is 1. The van der Waals surface area contributed by atoms with Crippen LogP contribution in [-0.4, -0.2) is 57.8 Å². The van der Waals surface area contributed by atoms with Crippen molar-refractivity contribution in [1.29, 1.82) is 0 Å². The molecule has 2 aliphatic heterocycles. The van der Waals surface area contributed by atoms with Crippen LogP contribution in [-0.2, 0) is 13.5 Å². The number of aromatic nitrogens is 2. The Morgan fingerprint density at radius 2 is 2.04 bits per heavy atom. The summed E-state index contributed by atoms with van der Waals surface area (Å²) in [6.45, 7) is 4.36. The maximum Gasteiger partial charge on any atom is 0.318 e. The predicted octanol–water partition coefficient (Wildman–Crippen LogP) is 2.07. The van der Waals surface area contributed by atoms with Crippen LogP contribution in [0, 0.1) is 0 Å². The second kappa shape index (κ2) is 6.75. The molecule has 1 aliphatic carbocycles. The van der Waals surface area contributed by atoms with Gasteiger partial charge in [-0.1, -0.05) is 0 Å². The van der Waals surface area contributed by atoms with Gasteiger partial charge in [-0.25, -0.2) is 4.79 Å². The summed E-state index contributed by atoms with van der Waals surface area (Å²) in [5.41, 5.74) is 2.49. The molecule has 0 unspecified atom stereocenters. The molecular formula is C18H29N5O. The van der Waals surface area contributed by atoms with E-state index in [4.69, 9.17) is 0 Å². The van der Waals surface area contributed by atoms with Gasteiger partial charge in [0.15, 0.2) is 0 Å². The first kappa shape index (κ1) is 15.9. The molecule has 1 aromatic rings. The zero-order valence-electron chi connectivity index (χ0n) is 14.7. The SMILES string of the molecule is Cn1ncc2c1CCC[C@H]2NC(=O)N1CCC[C@H]1CN1CCCC1. The maximum absolute atomic E-state index is 12.9. The Balaban J connectivity index is 1.40. The van der Waals surface area contributed by atoms with Crippen LogP contribution in [0.15, 0.2) is 6.20 Å². The fraction of sp³-hybridized carbons (Fsp3) is 0.778. The van der Waals surface area contributed by atoms with E-state index in [0.29, 0.717) is 6.04 Å². The van der Waals surface area contributed by atoms with Gasteiger partial charge in [0.05, 0.1) is 12.2 Å². The Labute approximate surface area is 144 Å². The summed E-state index contributed by atoms with van der Waals surface area (Å²) in [4.78, 5) is 17.5. The predicted molar refractivity (Wildman–Crippen MR) is 92.8 cm³/mol. The topological polar surface area (TPSA) is 53.4 Å². The van der Waals surface area contributed by atoms with Crippen LogP contribution in [0.5, 0.6) is 0 Å². The standard InChI is InChI=1S/C18H29N5O/c1-21-17-8-4-7-16(15(17)12-19-21)20-18(24)23-11-5-6-14(23)13-22-9-2-3-10-22/h12,14,16H,2-11,13H2,1H3,(H,20,24)/t14-,16+/m0/s1. The molecule has 0 spiro atoms. The lowest BCUT2D eigenvalue weighted by Gasteiger charge is -2.31. The molecule has 2 saturated heterocycles. The minimum atomic E-state index is 0.124. The van der Waals surface area contributed by atoms with E-state index in [1.165, 1.54) is 37.2 Å². The third kappa shape index (κ3) is 3.04. The third-order valence-corrected chi connectivity index (χ3v) is 5.98. The Morgan fingerprint density at radius 1 is 1.21 bits per heavy atom. The van der Waals surface area contributed by atoms with E-state index >= 15 is 0 Å². The van der Waals surface area contributed by atoms with Gasteiger partial charge in [0.25, 0.3) is 0 Å². The van der Waals surface area contributed by atoms with Crippen LogP contribution in [0.2, 0.25) is 0 Å². The summed E-state index contributed by atoms with van der Waals surface area (Å²) in [6, 6.07) is 0.640. The number of likely N-dealkylation sites (tertiary alicyclic amines) is 2. The maximum atomic E-state index is 12.9. The lowest BCUT2D eigenvalue weighted by molar-refractivity contribution is 0.170. The summed E-state index contributed by atoms with van der Waals surface area (Å²) in [5.74, 6) is 0.